The van der Waals surface area contributed by atoms with Crippen molar-refractivity contribution in [3.63, 3.8) is 0 Å². The van der Waals surface area contributed by atoms with Gasteiger partial charge in [0.2, 0.25) is 6.79 Å². The van der Waals surface area contributed by atoms with Crippen molar-refractivity contribution in [2.24, 2.45) is 5.73 Å². The van der Waals surface area contributed by atoms with Crippen LogP contribution in [0.4, 0.5) is 5.69 Å². The molecule has 3 N–H and O–H groups in total. The topological polar surface area (TPSA) is 73.6 Å². The molecule has 0 atom stereocenters. The molecule has 0 radical (unpaired) electrons. The van der Waals surface area contributed by atoms with E-state index in [0.29, 0.717) is 5.75 Å². The van der Waals surface area contributed by atoms with Crippen LogP contribution in [-0.2, 0) is 4.79 Å². The highest BCUT2D eigenvalue weighted by Gasteiger charge is 2.13. The minimum absolute atomic E-state index is 0.0346. The number of hydrogen-bond acceptors (Lipinski definition) is 5. The first-order chi connectivity index (χ1) is 7.29. The van der Waals surface area contributed by atoms with Crippen LogP contribution in [0.25, 0.3) is 0 Å². The highest BCUT2D eigenvalue weighted by molar-refractivity contribution is 5.84. The third-order valence-electron chi connectivity index (χ3n) is 2.09. The Hall–Kier alpha value is -1.75. The van der Waals surface area contributed by atoms with Crippen molar-refractivity contribution in [3.8, 4) is 11.5 Å². The number of nitrogens with two attached hydrogens (primary N) is 1. The second kappa shape index (κ2) is 4.18. The number of nitrogens with one attached hydrogen (secondary N) is 1. The first kappa shape index (κ1) is 9.79. The van der Waals surface area contributed by atoms with Gasteiger partial charge < -0.3 is 20.5 Å². The van der Waals surface area contributed by atoms with E-state index in [0.717, 1.165) is 11.4 Å². The van der Waals surface area contributed by atoms with E-state index in [1.54, 1.807) is 12.1 Å². The van der Waals surface area contributed by atoms with Gasteiger partial charge in [-0.05, 0) is 12.1 Å². The Bertz CT molecular complexity index is 379. The molecule has 2 rings (SSSR count). The van der Waals surface area contributed by atoms with Gasteiger partial charge in [-0.1, -0.05) is 0 Å². The number of carbonyl (C=O) groups excluding carboxylic acids is 1. The van der Waals surface area contributed by atoms with Crippen molar-refractivity contribution in [2.45, 2.75) is 0 Å². The number of anilines is 1. The Labute approximate surface area is 87.2 Å². The number of benzene rings is 1. The molecule has 0 fully saturated rings. The highest BCUT2D eigenvalue weighted by atomic mass is 16.7. The maximum atomic E-state index is 11.0. The van der Waals surface area contributed by atoms with Crippen LogP contribution < -0.4 is 20.5 Å². The average Bonchev–Trinajstić information content (AvgIpc) is 2.72. The molecule has 0 bridgehead atoms. The number of fused-ring (bicyclic) bond motifs is 1. The van der Waals surface area contributed by atoms with E-state index in [4.69, 9.17) is 15.2 Å². The van der Waals surface area contributed by atoms with E-state index in [2.05, 4.69) is 5.32 Å². The largest absolute Gasteiger partial charge is 0.454 e. The van der Waals surface area contributed by atoms with Gasteiger partial charge in [-0.2, -0.15) is 0 Å². The zero-order valence-corrected chi connectivity index (χ0v) is 8.16. The van der Waals surface area contributed by atoms with Crippen molar-refractivity contribution < 1.29 is 14.3 Å². The molecule has 80 valence electrons. The van der Waals surface area contributed by atoms with Gasteiger partial charge in [-0.15, -0.1) is 0 Å². The molecule has 0 saturated carbocycles. The second-order valence-electron chi connectivity index (χ2n) is 3.16. The van der Waals surface area contributed by atoms with E-state index in [-0.39, 0.29) is 25.7 Å². The van der Waals surface area contributed by atoms with Crippen molar-refractivity contribution in [1.29, 1.82) is 0 Å². The summed E-state index contributed by atoms with van der Waals surface area (Å²) in [5.41, 5.74) is 6.01. The SMILES string of the molecule is NCC(=O)CNc1ccc2c(c1)OCO2. The second-order valence-corrected chi connectivity index (χ2v) is 3.16. The number of rotatable bonds is 4. The van der Waals surface area contributed by atoms with Gasteiger partial charge in [0.05, 0.1) is 13.1 Å². The summed E-state index contributed by atoms with van der Waals surface area (Å²) in [5.74, 6) is 1.39. The molecule has 0 aromatic heterocycles. The van der Waals surface area contributed by atoms with Crippen LogP contribution >= 0.6 is 0 Å². The fourth-order valence-corrected chi connectivity index (χ4v) is 1.28. The van der Waals surface area contributed by atoms with Crippen LogP contribution in [0.1, 0.15) is 0 Å². The van der Waals surface area contributed by atoms with Crippen molar-refractivity contribution in [3.05, 3.63) is 18.2 Å². The van der Waals surface area contributed by atoms with Gasteiger partial charge in [-0.25, -0.2) is 0 Å². The molecule has 0 aliphatic carbocycles. The molecule has 1 heterocycles. The van der Waals surface area contributed by atoms with Crippen molar-refractivity contribution in [2.75, 3.05) is 25.2 Å². The predicted molar refractivity (Wildman–Crippen MR) is 55.1 cm³/mol. The monoisotopic (exact) mass is 208 g/mol. The van der Waals surface area contributed by atoms with Crippen molar-refractivity contribution in [1.82, 2.24) is 0 Å². The van der Waals surface area contributed by atoms with Crippen LogP contribution in [0.3, 0.4) is 0 Å². The number of Topliss-reactive ketones (excluding diaryl/α,β-unsaturated/α-hetero) is 1. The number of ketones is 1. The highest BCUT2D eigenvalue weighted by Crippen LogP contribution is 2.33. The van der Waals surface area contributed by atoms with Gasteiger partial charge in [0.1, 0.15) is 0 Å². The smallest absolute Gasteiger partial charge is 0.231 e. The zero-order chi connectivity index (χ0) is 10.7. The van der Waals surface area contributed by atoms with Crippen LogP contribution in [0.5, 0.6) is 11.5 Å². The number of hydrogen-bond donors (Lipinski definition) is 2. The maximum Gasteiger partial charge on any atom is 0.231 e. The molecule has 5 heteroatoms. The molecule has 5 nitrogen and oxygen atoms in total. The lowest BCUT2D eigenvalue weighted by atomic mass is 10.2. The van der Waals surface area contributed by atoms with Gasteiger partial charge >= 0.3 is 0 Å². The van der Waals surface area contributed by atoms with Gasteiger partial charge in [-0.3, -0.25) is 4.79 Å². The Kier molecular flexibility index (Phi) is 2.73. The fourth-order valence-electron chi connectivity index (χ4n) is 1.28. The lowest BCUT2D eigenvalue weighted by Crippen LogP contribution is -2.22. The van der Waals surface area contributed by atoms with E-state index in [1.165, 1.54) is 0 Å². The van der Waals surface area contributed by atoms with Crippen molar-refractivity contribution >= 4 is 11.5 Å². The normalized spacial score (nSPS) is 12.6. The van der Waals surface area contributed by atoms with Crippen LogP contribution in [0.2, 0.25) is 0 Å². The summed E-state index contributed by atoms with van der Waals surface area (Å²) in [7, 11) is 0. The van der Waals surface area contributed by atoms with E-state index in [1.807, 2.05) is 6.07 Å². The summed E-state index contributed by atoms with van der Waals surface area (Å²) in [6.45, 7) is 0.536. The third-order valence-corrected chi connectivity index (χ3v) is 2.09. The van der Waals surface area contributed by atoms with E-state index in [9.17, 15) is 4.79 Å². The molecule has 0 amide bonds. The molecule has 0 spiro atoms. The molecule has 1 aliphatic rings. The molecular formula is C10H12N2O3. The van der Waals surface area contributed by atoms with Gasteiger partial charge in [0, 0.05) is 11.8 Å². The molecule has 0 saturated heterocycles. The lowest BCUT2D eigenvalue weighted by molar-refractivity contribution is -0.116. The van der Waals surface area contributed by atoms with Crippen LogP contribution in [0, 0.1) is 0 Å². The van der Waals surface area contributed by atoms with Crippen LogP contribution in [0.15, 0.2) is 18.2 Å². The summed E-state index contributed by atoms with van der Waals surface area (Å²) in [6, 6.07) is 5.43. The third kappa shape index (κ3) is 2.19. The summed E-state index contributed by atoms with van der Waals surface area (Å²) >= 11 is 0. The molecule has 0 unspecified atom stereocenters. The summed E-state index contributed by atoms with van der Waals surface area (Å²) in [6.07, 6.45) is 0. The average molecular weight is 208 g/mol. The molecule has 15 heavy (non-hydrogen) atoms. The fraction of sp³-hybridized carbons (Fsp3) is 0.300. The minimum Gasteiger partial charge on any atom is -0.454 e. The standard InChI is InChI=1S/C10H12N2O3/c11-4-8(13)5-12-7-1-2-9-10(3-7)15-6-14-9/h1-3,12H,4-6,11H2. The quantitative estimate of drug-likeness (QED) is 0.747. The Morgan fingerprint density at radius 3 is 3.00 bits per heavy atom. The minimum atomic E-state index is -0.0346. The van der Waals surface area contributed by atoms with Gasteiger partial charge in [0.25, 0.3) is 0 Å². The molecule has 1 aromatic rings. The first-order valence-electron chi connectivity index (χ1n) is 4.65. The Morgan fingerprint density at radius 2 is 2.20 bits per heavy atom. The summed E-state index contributed by atoms with van der Waals surface area (Å²) in [5, 5.41) is 2.96. The number of ether oxygens (including phenoxy) is 2. The summed E-state index contributed by atoms with van der Waals surface area (Å²) < 4.78 is 10.4. The molecule has 1 aromatic carbocycles. The predicted octanol–water partition coefficient (Wildman–Crippen LogP) is 0.355. The Balaban J connectivity index is 2.01. The van der Waals surface area contributed by atoms with E-state index >= 15 is 0 Å². The van der Waals surface area contributed by atoms with E-state index < -0.39 is 0 Å². The summed E-state index contributed by atoms with van der Waals surface area (Å²) in [4.78, 5) is 11.0. The van der Waals surface area contributed by atoms with Crippen LogP contribution in [-0.4, -0.2) is 25.7 Å². The molecular weight excluding hydrogens is 196 g/mol. The van der Waals surface area contributed by atoms with Gasteiger partial charge in [0.15, 0.2) is 17.3 Å². The Morgan fingerprint density at radius 1 is 1.40 bits per heavy atom. The zero-order valence-electron chi connectivity index (χ0n) is 8.16. The first-order valence-corrected chi connectivity index (χ1v) is 4.65. The maximum absolute atomic E-state index is 11.0. The lowest BCUT2D eigenvalue weighted by Gasteiger charge is -2.05. The number of carbonyl (C=O) groups is 1. The molecule has 1 aliphatic heterocycles.